The van der Waals surface area contributed by atoms with E-state index >= 15 is 0 Å². The predicted octanol–water partition coefficient (Wildman–Crippen LogP) is 6.48. The van der Waals surface area contributed by atoms with Gasteiger partial charge in [-0.15, -0.1) is 0 Å². The lowest BCUT2D eigenvalue weighted by molar-refractivity contribution is -0.348. The van der Waals surface area contributed by atoms with Crippen molar-refractivity contribution in [2.45, 2.75) is 49.4 Å². The molecule has 8 nitrogen and oxygen atoms in total. The molecule has 0 saturated heterocycles. The molecule has 0 aliphatic heterocycles. The molecule has 0 atom stereocenters. The molecule has 2 aromatic rings. The number of carbonyl (C=O) groups excluding carboxylic acids is 3. The van der Waals surface area contributed by atoms with E-state index in [4.69, 9.17) is 0 Å². The van der Waals surface area contributed by atoms with Gasteiger partial charge in [-0.25, -0.2) is 4.39 Å². The van der Waals surface area contributed by atoms with E-state index in [-0.39, 0.29) is 23.4 Å². The van der Waals surface area contributed by atoms with E-state index in [1.807, 2.05) is 6.07 Å². The van der Waals surface area contributed by atoms with Gasteiger partial charge in [-0.1, -0.05) is 6.07 Å². The van der Waals surface area contributed by atoms with Gasteiger partial charge < -0.3 is 19.4 Å². The van der Waals surface area contributed by atoms with E-state index in [2.05, 4.69) is 20.7 Å². The van der Waals surface area contributed by atoms with E-state index in [0.717, 1.165) is 22.9 Å². The van der Waals surface area contributed by atoms with Crippen LogP contribution in [0.4, 0.5) is 50.9 Å². The highest BCUT2D eigenvalue weighted by Gasteiger charge is 2.73. The van der Waals surface area contributed by atoms with Crippen molar-refractivity contribution in [3.63, 3.8) is 0 Å². The Bertz CT molecular complexity index is 1520. The SMILES string of the molecule is CN(C(=O)C(=O)N(C)C1(C#N)CCC1)c1cccc(C(=O)N(C)c2c(Br)cc(C(F)(C(F)(F)F)C(F)(F)F)cc2OC(F)F)c1. The van der Waals surface area contributed by atoms with Crippen LogP contribution in [-0.2, 0) is 15.3 Å². The number of amides is 3. The third-order valence-corrected chi connectivity index (χ3v) is 7.97. The van der Waals surface area contributed by atoms with Gasteiger partial charge in [0.15, 0.2) is 5.75 Å². The lowest BCUT2D eigenvalue weighted by atomic mass is 9.76. The van der Waals surface area contributed by atoms with Crippen LogP contribution in [0.15, 0.2) is 40.9 Å². The zero-order valence-electron chi connectivity index (χ0n) is 23.4. The number of anilines is 2. The summed E-state index contributed by atoms with van der Waals surface area (Å²) in [5.74, 6) is -4.59. The van der Waals surface area contributed by atoms with Crippen LogP contribution in [0.2, 0.25) is 0 Å². The highest BCUT2D eigenvalue weighted by atomic mass is 79.9. The quantitative estimate of drug-likeness (QED) is 0.242. The predicted molar refractivity (Wildman–Crippen MR) is 143 cm³/mol. The molecule has 0 aromatic heterocycles. The zero-order valence-corrected chi connectivity index (χ0v) is 25.0. The fraction of sp³-hybridized carbons (Fsp3) is 0.407. The molecular formula is C27H22BrF9N4O4. The van der Waals surface area contributed by atoms with Crippen molar-refractivity contribution in [3.05, 3.63) is 52.0 Å². The number of rotatable bonds is 7. The lowest BCUT2D eigenvalue weighted by Crippen LogP contribution is -2.57. The summed E-state index contributed by atoms with van der Waals surface area (Å²) in [6.45, 7) is -3.82. The summed E-state index contributed by atoms with van der Waals surface area (Å²) in [4.78, 5) is 41.5. The molecule has 1 aliphatic rings. The summed E-state index contributed by atoms with van der Waals surface area (Å²) < 4.78 is 124. The van der Waals surface area contributed by atoms with Gasteiger partial charge in [0.1, 0.15) is 11.2 Å². The molecule has 0 heterocycles. The van der Waals surface area contributed by atoms with Gasteiger partial charge in [0.25, 0.3) is 5.91 Å². The molecule has 0 spiro atoms. The highest BCUT2D eigenvalue weighted by molar-refractivity contribution is 9.10. The summed E-state index contributed by atoms with van der Waals surface area (Å²) in [6, 6.07) is 6.64. The normalized spacial score (nSPS) is 14.7. The minimum absolute atomic E-state index is 0.0273. The van der Waals surface area contributed by atoms with Crippen LogP contribution in [0.5, 0.6) is 5.75 Å². The van der Waals surface area contributed by atoms with Gasteiger partial charge in [0.2, 0.25) is 0 Å². The van der Waals surface area contributed by atoms with Crippen molar-refractivity contribution in [2.75, 3.05) is 30.9 Å². The molecule has 0 radical (unpaired) electrons. The molecular weight excluding hydrogens is 695 g/mol. The second kappa shape index (κ2) is 12.4. The van der Waals surface area contributed by atoms with Crippen molar-refractivity contribution in [3.8, 4) is 11.8 Å². The topological polar surface area (TPSA) is 93.9 Å². The first-order valence-corrected chi connectivity index (χ1v) is 13.4. The van der Waals surface area contributed by atoms with Crippen molar-refractivity contribution in [1.29, 1.82) is 5.26 Å². The molecule has 1 saturated carbocycles. The summed E-state index contributed by atoms with van der Waals surface area (Å²) >= 11 is 2.64. The Kier molecular flexibility index (Phi) is 9.78. The minimum atomic E-state index is -6.57. The molecule has 0 bridgehead atoms. The minimum Gasteiger partial charge on any atom is -0.433 e. The molecule has 1 aliphatic carbocycles. The number of likely N-dealkylation sites (N-methyl/N-ethyl adjacent to an activating group) is 2. The smallest absolute Gasteiger partial charge is 0.433 e. The van der Waals surface area contributed by atoms with Gasteiger partial charge >= 0.3 is 36.4 Å². The molecule has 244 valence electrons. The highest BCUT2D eigenvalue weighted by Crippen LogP contribution is 2.55. The van der Waals surface area contributed by atoms with Crippen molar-refractivity contribution in [2.24, 2.45) is 0 Å². The Morgan fingerprint density at radius 2 is 1.51 bits per heavy atom. The largest absolute Gasteiger partial charge is 0.435 e. The van der Waals surface area contributed by atoms with Crippen molar-refractivity contribution in [1.82, 2.24) is 4.90 Å². The molecule has 1 fully saturated rings. The maximum absolute atomic E-state index is 14.7. The van der Waals surface area contributed by atoms with Gasteiger partial charge in [0.05, 0.1) is 6.07 Å². The fourth-order valence-electron chi connectivity index (χ4n) is 4.55. The van der Waals surface area contributed by atoms with Gasteiger partial charge in [-0.3, -0.25) is 14.4 Å². The average Bonchev–Trinajstić information content (AvgIpc) is 2.92. The van der Waals surface area contributed by atoms with E-state index in [9.17, 15) is 59.2 Å². The van der Waals surface area contributed by atoms with Crippen LogP contribution in [-0.4, -0.2) is 68.3 Å². The maximum Gasteiger partial charge on any atom is 0.435 e. The Morgan fingerprint density at radius 1 is 0.933 bits per heavy atom. The first kappa shape index (κ1) is 35.5. The summed E-state index contributed by atoms with van der Waals surface area (Å²) in [7, 11) is 3.40. The van der Waals surface area contributed by atoms with Crippen molar-refractivity contribution < 1.29 is 58.6 Å². The number of benzene rings is 2. The molecule has 2 aromatic carbocycles. The maximum atomic E-state index is 14.7. The summed E-state index contributed by atoms with van der Waals surface area (Å²) in [5, 5.41) is 9.47. The summed E-state index contributed by atoms with van der Waals surface area (Å²) in [5.41, 5.74) is -10.4. The number of ether oxygens (including phenoxy) is 1. The number of alkyl halides is 9. The van der Waals surface area contributed by atoms with Crippen molar-refractivity contribution >= 4 is 45.0 Å². The number of carbonyl (C=O) groups is 3. The Labute approximate surface area is 258 Å². The third-order valence-electron chi connectivity index (χ3n) is 7.37. The first-order valence-electron chi connectivity index (χ1n) is 12.6. The van der Waals surface area contributed by atoms with E-state index < -0.39 is 69.4 Å². The monoisotopic (exact) mass is 716 g/mol. The van der Waals surface area contributed by atoms with Crippen LogP contribution in [0.3, 0.4) is 0 Å². The number of hydrogen-bond donors (Lipinski definition) is 0. The van der Waals surface area contributed by atoms with Crippen LogP contribution in [0, 0.1) is 11.3 Å². The van der Waals surface area contributed by atoms with Crippen LogP contribution >= 0.6 is 15.9 Å². The number of nitrogens with zero attached hydrogens (tertiary/aromatic N) is 4. The molecule has 45 heavy (non-hydrogen) atoms. The second-order valence-corrected chi connectivity index (χ2v) is 10.8. The molecule has 18 heteroatoms. The van der Waals surface area contributed by atoms with Gasteiger partial charge in [0, 0.05) is 42.4 Å². The van der Waals surface area contributed by atoms with Gasteiger partial charge in [-0.2, -0.15) is 40.4 Å². The van der Waals surface area contributed by atoms with E-state index in [1.165, 1.54) is 32.3 Å². The third kappa shape index (κ3) is 6.40. The molecule has 3 rings (SSSR count). The standard InChI is InChI=1S/C27H22BrF9N4O4/c1-39(21(43)22(44)41(3)24(13-38)8-5-9-24)16-7-4-6-14(10-16)20(42)40(2)19-17(28)11-15(12-18(19)45-23(29)30)25(31,26(32,33)34)27(35,36)37/h4,6-7,10-12,23H,5,8-9H2,1-3H3. The number of nitriles is 1. The molecule has 3 amide bonds. The first-order chi connectivity index (χ1) is 20.6. The molecule has 0 N–H and O–H groups in total. The zero-order chi connectivity index (χ0) is 34.3. The second-order valence-electron chi connectivity index (χ2n) is 9.98. The molecule has 0 unspecified atom stereocenters. The Morgan fingerprint density at radius 3 is 1.98 bits per heavy atom. The Hall–Kier alpha value is -4.01. The average molecular weight is 717 g/mol. The number of halogens is 10. The van der Waals surface area contributed by atoms with Crippen LogP contribution in [0.25, 0.3) is 0 Å². The van der Waals surface area contributed by atoms with E-state index in [0.29, 0.717) is 24.2 Å². The summed E-state index contributed by atoms with van der Waals surface area (Å²) in [6.07, 6.45) is -11.7. The van der Waals surface area contributed by atoms with Crippen LogP contribution in [0.1, 0.15) is 35.2 Å². The van der Waals surface area contributed by atoms with E-state index in [1.54, 1.807) is 0 Å². The lowest BCUT2D eigenvalue weighted by Gasteiger charge is -2.42. The van der Waals surface area contributed by atoms with Gasteiger partial charge in [-0.05, 0) is 65.5 Å². The van der Waals surface area contributed by atoms with Crippen LogP contribution < -0.4 is 14.5 Å². The fourth-order valence-corrected chi connectivity index (χ4v) is 5.26. The Balaban J connectivity index is 2.00. The number of hydrogen-bond acceptors (Lipinski definition) is 5.